The van der Waals surface area contributed by atoms with E-state index in [0.717, 1.165) is 0 Å². The van der Waals surface area contributed by atoms with Crippen molar-refractivity contribution in [1.29, 1.82) is 5.26 Å². The molecule has 2 unspecified atom stereocenters. The number of carbonyl (C=O) groups is 1. The van der Waals surface area contributed by atoms with Crippen molar-refractivity contribution in [2.45, 2.75) is 6.04 Å². The molecule has 1 heterocycles. The highest BCUT2D eigenvalue weighted by molar-refractivity contribution is 9.10. The minimum atomic E-state index is -0.983. The molecule has 1 aromatic rings. The average Bonchev–Trinajstić information content (AvgIpc) is 2.83. The first-order chi connectivity index (χ1) is 9.04. The maximum atomic E-state index is 14.0. The average molecular weight is 329 g/mol. The van der Waals surface area contributed by atoms with Crippen molar-refractivity contribution in [3.8, 4) is 6.07 Å². The summed E-state index contributed by atoms with van der Waals surface area (Å²) in [6.45, 7) is 0.306. The van der Waals surface area contributed by atoms with Crippen LogP contribution in [0.15, 0.2) is 16.6 Å². The molecule has 0 aliphatic carbocycles. The summed E-state index contributed by atoms with van der Waals surface area (Å²) < 4.78 is 19.1. The molecule has 5 nitrogen and oxygen atoms in total. The summed E-state index contributed by atoms with van der Waals surface area (Å²) in [6.07, 6.45) is 0. The van der Waals surface area contributed by atoms with Crippen molar-refractivity contribution in [2.75, 3.05) is 18.5 Å². The van der Waals surface area contributed by atoms with Gasteiger partial charge in [-0.3, -0.25) is 4.79 Å². The number of rotatable bonds is 3. The molecule has 1 aromatic carbocycles. The highest BCUT2D eigenvalue weighted by atomic mass is 79.9. The SMILES string of the molecule is N#Cc1ccc(NC2COCC2C(=O)O)c(F)c1Br. The van der Waals surface area contributed by atoms with Gasteiger partial charge in [-0.2, -0.15) is 5.26 Å². The van der Waals surface area contributed by atoms with E-state index in [-0.39, 0.29) is 28.9 Å². The molecule has 0 bridgehead atoms. The normalized spacial score (nSPS) is 21.9. The Labute approximate surface area is 117 Å². The Kier molecular flexibility index (Phi) is 4.02. The van der Waals surface area contributed by atoms with Crippen molar-refractivity contribution < 1.29 is 19.0 Å². The van der Waals surface area contributed by atoms with Gasteiger partial charge in [0.1, 0.15) is 12.0 Å². The van der Waals surface area contributed by atoms with Gasteiger partial charge in [-0.05, 0) is 28.1 Å². The van der Waals surface area contributed by atoms with Crippen LogP contribution in [0.2, 0.25) is 0 Å². The first-order valence-corrected chi connectivity index (χ1v) is 6.29. The summed E-state index contributed by atoms with van der Waals surface area (Å²) in [7, 11) is 0. The van der Waals surface area contributed by atoms with E-state index < -0.39 is 23.7 Å². The summed E-state index contributed by atoms with van der Waals surface area (Å²) in [5.74, 6) is -2.31. The van der Waals surface area contributed by atoms with Gasteiger partial charge in [0, 0.05) is 0 Å². The van der Waals surface area contributed by atoms with Crippen LogP contribution in [0.5, 0.6) is 0 Å². The Morgan fingerprint density at radius 1 is 1.58 bits per heavy atom. The van der Waals surface area contributed by atoms with Crippen molar-refractivity contribution in [2.24, 2.45) is 5.92 Å². The zero-order valence-corrected chi connectivity index (χ0v) is 11.3. The van der Waals surface area contributed by atoms with Crippen molar-refractivity contribution in [1.82, 2.24) is 0 Å². The van der Waals surface area contributed by atoms with E-state index in [4.69, 9.17) is 15.1 Å². The molecule has 1 saturated heterocycles. The minimum absolute atomic E-state index is 0.0609. The third-order valence-corrected chi connectivity index (χ3v) is 3.72. The predicted molar refractivity (Wildman–Crippen MR) is 68.2 cm³/mol. The van der Waals surface area contributed by atoms with Crippen molar-refractivity contribution >= 4 is 27.6 Å². The molecule has 1 aliphatic rings. The van der Waals surface area contributed by atoms with E-state index in [1.807, 2.05) is 6.07 Å². The number of carboxylic acids is 1. The fourth-order valence-electron chi connectivity index (χ4n) is 1.89. The zero-order valence-electron chi connectivity index (χ0n) is 9.69. The smallest absolute Gasteiger partial charge is 0.311 e. The number of nitrogens with zero attached hydrogens (tertiary/aromatic N) is 1. The molecule has 0 spiro atoms. The van der Waals surface area contributed by atoms with Gasteiger partial charge in [-0.15, -0.1) is 0 Å². The molecule has 0 saturated carbocycles. The molecular formula is C12H10BrFN2O3. The molecule has 19 heavy (non-hydrogen) atoms. The lowest BCUT2D eigenvalue weighted by atomic mass is 10.0. The van der Waals surface area contributed by atoms with Gasteiger partial charge in [0.25, 0.3) is 0 Å². The van der Waals surface area contributed by atoms with Crippen LogP contribution in [-0.2, 0) is 9.53 Å². The number of hydrogen-bond donors (Lipinski definition) is 2. The van der Waals surface area contributed by atoms with Crippen LogP contribution in [0.1, 0.15) is 5.56 Å². The minimum Gasteiger partial charge on any atom is -0.481 e. The Morgan fingerprint density at radius 3 is 2.95 bits per heavy atom. The van der Waals surface area contributed by atoms with Crippen LogP contribution in [0.25, 0.3) is 0 Å². The third-order valence-electron chi connectivity index (χ3n) is 2.94. The van der Waals surface area contributed by atoms with Gasteiger partial charge < -0.3 is 15.2 Å². The van der Waals surface area contributed by atoms with Gasteiger partial charge >= 0.3 is 5.97 Å². The van der Waals surface area contributed by atoms with Gasteiger partial charge in [0.15, 0.2) is 5.82 Å². The van der Waals surface area contributed by atoms with Crippen LogP contribution < -0.4 is 5.32 Å². The molecule has 0 aromatic heterocycles. The first-order valence-electron chi connectivity index (χ1n) is 5.49. The predicted octanol–water partition coefficient (Wildman–Crippen LogP) is 1.97. The number of nitriles is 1. The summed E-state index contributed by atoms with van der Waals surface area (Å²) in [4.78, 5) is 11.0. The van der Waals surface area contributed by atoms with E-state index in [0.29, 0.717) is 0 Å². The van der Waals surface area contributed by atoms with Crippen molar-refractivity contribution in [3.05, 3.63) is 28.0 Å². The van der Waals surface area contributed by atoms with Crippen molar-refractivity contribution in [3.63, 3.8) is 0 Å². The lowest BCUT2D eigenvalue weighted by Crippen LogP contribution is -2.33. The maximum Gasteiger partial charge on any atom is 0.311 e. The van der Waals surface area contributed by atoms with Gasteiger partial charge in [0.05, 0.1) is 35.0 Å². The summed E-state index contributed by atoms with van der Waals surface area (Å²) in [5.41, 5.74) is 0.327. The number of aliphatic carboxylic acids is 1. The van der Waals surface area contributed by atoms with Crippen LogP contribution in [0.4, 0.5) is 10.1 Å². The van der Waals surface area contributed by atoms with Gasteiger partial charge in [-0.1, -0.05) is 0 Å². The second-order valence-electron chi connectivity index (χ2n) is 4.13. The van der Waals surface area contributed by atoms with E-state index in [9.17, 15) is 9.18 Å². The molecule has 7 heteroatoms. The molecule has 0 radical (unpaired) electrons. The topological polar surface area (TPSA) is 82.3 Å². The Hall–Kier alpha value is -1.65. The van der Waals surface area contributed by atoms with Crippen LogP contribution >= 0.6 is 15.9 Å². The highest BCUT2D eigenvalue weighted by Gasteiger charge is 2.34. The lowest BCUT2D eigenvalue weighted by molar-refractivity contribution is -0.141. The Morgan fingerprint density at radius 2 is 2.32 bits per heavy atom. The standard InChI is InChI=1S/C12H10BrFN2O3/c13-10-6(3-15)1-2-8(11(10)14)16-9-5-19-4-7(9)12(17)18/h1-2,7,9,16H,4-5H2,(H,17,18). The van der Waals surface area contributed by atoms with Crippen LogP contribution in [-0.4, -0.2) is 30.3 Å². The summed E-state index contributed by atoms with van der Waals surface area (Å²) in [6, 6.07) is 4.23. The number of carboxylic acid groups (broad SMARTS) is 1. The summed E-state index contributed by atoms with van der Waals surface area (Å²) >= 11 is 3.00. The quantitative estimate of drug-likeness (QED) is 0.886. The molecule has 2 rings (SSSR count). The van der Waals surface area contributed by atoms with Gasteiger partial charge in [-0.25, -0.2) is 4.39 Å². The van der Waals surface area contributed by atoms with E-state index in [1.165, 1.54) is 12.1 Å². The Balaban J connectivity index is 2.23. The molecular weight excluding hydrogens is 319 g/mol. The molecule has 1 aliphatic heterocycles. The highest BCUT2D eigenvalue weighted by Crippen LogP contribution is 2.28. The van der Waals surface area contributed by atoms with Crippen LogP contribution in [0.3, 0.4) is 0 Å². The summed E-state index contributed by atoms with van der Waals surface area (Å²) in [5, 5.41) is 20.6. The molecule has 0 amide bonds. The van der Waals surface area contributed by atoms with E-state index >= 15 is 0 Å². The number of hydrogen-bond acceptors (Lipinski definition) is 4. The van der Waals surface area contributed by atoms with Crippen LogP contribution in [0, 0.1) is 23.1 Å². The number of benzene rings is 1. The fraction of sp³-hybridized carbons (Fsp3) is 0.333. The maximum absolute atomic E-state index is 14.0. The van der Waals surface area contributed by atoms with Gasteiger partial charge in [0.2, 0.25) is 0 Å². The monoisotopic (exact) mass is 328 g/mol. The zero-order chi connectivity index (χ0) is 14.0. The third kappa shape index (κ3) is 2.69. The molecule has 100 valence electrons. The molecule has 2 N–H and O–H groups in total. The number of nitrogens with one attached hydrogen (secondary N) is 1. The second kappa shape index (κ2) is 5.55. The Bertz CT molecular complexity index is 559. The number of halogens is 2. The number of ether oxygens (including phenoxy) is 1. The fourth-order valence-corrected chi connectivity index (χ4v) is 2.32. The second-order valence-corrected chi connectivity index (χ2v) is 4.93. The largest absolute Gasteiger partial charge is 0.481 e. The first kappa shape index (κ1) is 13.8. The van der Waals surface area contributed by atoms with E-state index in [1.54, 1.807) is 0 Å². The number of anilines is 1. The lowest BCUT2D eigenvalue weighted by Gasteiger charge is -2.18. The molecule has 2 atom stereocenters. The van der Waals surface area contributed by atoms with E-state index in [2.05, 4.69) is 21.2 Å². The molecule has 1 fully saturated rings.